The topological polar surface area (TPSA) is 40.5 Å². The molecule has 1 saturated heterocycles. The van der Waals surface area contributed by atoms with Crippen LogP contribution in [0.25, 0.3) is 0 Å². The fourth-order valence-corrected chi connectivity index (χ4v) is 2.55. The van der Waals surface area contributed by atoms with Crippen molar-refractivity contribution in [2.75, 3.05) is 13.1 Å². The molecule has 0 spiro atoms. The smallest absolute Gasteiger partial charge is 0.379 e. The molecule has 1 aliphatic rings. The molecule has 0 saturated carbocycles. The number of hydrogen-bond donors (Lipinski definition) is 1. The highest BCUT2D eigenvalue weighted by atomic mass is 19.4. The summed E-state index contributed by atoms with van der Waals surface area (Å²) in [6.45, 7) is 2.96. The maximum atomic E-state index is 12.5. The van der Waals surface area contributed by atoms with Gasteiger partial charge >= 0.3 is 6.18 Å². The summed E-state index contributed by atoms with van der Waals surface area (Å²) in [4.78, 5) is 14.1. The first-order valence-electron chi connectivity index (χ1n) is 6.95. The number of amides is 1. The molecule has 1 amide bonds. The number of piperidine rings is 1. The monoisotopic (exact) mass is 301 g/mol. The summed E-state index contributed by atoms with van der Waals surface area (Å²) in [5.74, 6) is -0.153. The number of aryl methyl sites for hydroxylation is 1. The van der Waals surface area contributed by atoms with Gasteiger partial charge in [-0.05, 0) is 43.4 Å². The lowest BCUT2D eigenvalue weighted by Gasteiger charge is -2.27. The Kier molecular flexibility index (Phi) is 4.56. The normalized spacial score (nSPS) is 17.7. The van der Waals surface area contributed by atoms with Gasteiger partial charge in [0, 0.05) is 18.7 Å². The molecule has 116 valence electrons. The Hall–Kier alpha value is -1.56. The van der Waals surface area contributed by atoms with Crippen molar-refractivity contribution in [3.63, 3.8) is 0 Å². The van der Waals surface area contributed by atoms with Gasteiger partial charge in [-0.3, -0.25) is 4.79 Å². The van der Waals surface area contributed by atoms with Crippen LogP contribution >= 0.6 is 0 Å². The summed E-state index contributed by atoms with van der Waals surface area (Å²) in [7, 11) is 0. The van der Waals surface area contributed by atoms with Gasteiger partial charge in [0.15, 0.2) is 6.10 Å². The fraction of sp³-hybridized carbons (Fsp3) is 0.533. The summed E-state index contributed by atoms with van der Waals surface area (Å²) in [6.07, 6.45) is -4.22. The van der Waals surface area contributed by atoms with Crippen LogP contribution in [0.3, 0.4) is 0 Å². The van der Waals surface area contributed by atoms with Crippen LogP contribution in [0.15, 0.2) is 18.2 Å². The van der Waals surface area contributed by atoms with Crippen LogP contribution in [-0.4, -0.2) is 35.2 Å². The maximum absolute atomic E-state index is 12.5. The van der Waals surface area contributed by atoms with E-state index in [1.165, 1.54) is 18.2 Å². The zero-order valence-electron chi connectivity index (χ0n) is 11.8. The lowest BCUT2D eigenvalue weighted by molar-refractivity contribution is -0.206. The van der Waals surface area contributed by atoms with E-state index in [2.05, 4.69) is 0 Å². The van der Waals surface area contributed by atoms with Crippen LogP contribution in [-0.2, 0) is 0 Å². The van der Waals surface area contributed by atoms with Crippen molar-refractivity contribution in [1.82, 2.24) is 4.90 Å². The van der Waals surface area contributed by atoms with Crippen molar-refractivity contribution in [2.24, 2.45) is 0 Å². The number of aliphatic hydroxyl groups excluding tert-OH is 1. The largest absolute Gasteiger partial charge is 0.418 e. The molecular formula is C15H18F3NO2. The number of nitrogens with zero attached hydrogens (tertiary/aromatic N) is 1. The molecule has 1 aliphatic heterocycles. The third-order valence-corrected chi connectivity index (χ3v) is 3.75. The average molecular weight is 301 g/mol. The standard InChI is InChI=1S/C15H18F3NO2/c1-10-9-11(13(20)15(16,17)18)5-6-12(10)14(21)19-7-3-2-4-8-19/h5-6,9,13,20H,2-4,7-8H2,1H3. The van der Waals surface area contributed by atoms with Crippen molar-refractivity contribution in [1.29, 1.82) is 0 Å². The molecule has 0 radical (unpaired) electrons. The Bertz CT molecular complexity index is 522. The highest BCUT2D eigenvalue weighted by Crippen LogP contribution is 2.33. The molecular weight excluding hydrogens is 283 g/mol. The van der Waals surface area contributed by atoms with Gasteiger partial charge in [0.05, 0.1) is 0 Å². The lowest BCUT2D eigenvalue weighted by Crippen LogP contribution is -2.36. The number of likely N-dealkylation sites (tertiary alicyclic amines) is 1. The first-order valence-corrected chi connectivity index (χ1v) is 6.95. The van der Waals surface area contributed by atoms with Crippen molar-refractivity contribution in [3.05, 3.63) is 34.9 Å². The van der Waals surface area contributed by atoms with Gasteiger partial charge in [0.1, 0.15) is 0 Å². The second-order valence-corrected chi connectivity index (χ2v) is 5.37. The van der Waals surface area contributed by atoms with E-state index in [0.29, 0.717) is 24.2 Å². The van der Waals surface area contributed by atoms with Crippen molar-refractivity contribution in [2.45, 2.75) is 38.5 Å². The van der Waals surface area contributed by atoms with Gasteiger partial charge in [-0.1, -0.05) is 12.1 Å². The molecule has 1 heterocycles. The number of carbonyl (C=O) groups is 1. The lowest BCUT2D eigenvalue weighted by atomic mass is 10.00. The second kappa shape index (κ2) is 6.05. The Morgan fingerprint density at radius 2 is 1.86 bits per heavy atom. The number of hydrogen-bond acceptors (Lipinski definition) is 2. The third-order valence-electron chi connectivity index (χ3n) is 3.75. The van der Waals surface area contributed by atoms with Crippen LogP contribution in [0.2, 0.25) is 0 Å². The summed E-state index contributed by atoms with van der Waals surface area (Å²) in [5, 5.41) is 9.24. The van der Waals surface area contributed by atoms with Gasteiger partial charge in [-0.15, -0.1) is 0 Å². The molecule has 1 unspecified atom stereocenters. The van der Waals surface area contributed by atoms with Crippen LogP contribution in [0.5, 0.6) is 0 Å². The van der Waals surface area contributed by atoms with Crippen LogP contribution < -0.4 is 0 Å². The fourth-order valence-electron chi connectivity index (χ4n) is 2.55. The molecule has 2 rings (SSSR count). The van der Waals surface area contributed by atoms with Gasteiger partial charge in [-0.25, -0.2) is 0 Å². The van der Waals surface area contributed by atoms with E-state index in [9.17, 15) is 23.1 Å². The second-order valence-electron chi connectivity index (χ2n) is 5.37. The summed E-state index contributed by atoms with van der Waals surface area (Å²) in [5.41, 5.74) is 0.608. The molecule has 6 heteroatoms. The number of rotatable bonds is 2. The number of halogens is 3. The highest BCUT2D eigenvalue weighted by Gasteiger charge is 2.39. The number of benzene rings is 1. The minimum atomic E-state index is -4.70. The maximum Gasteiger partial charge on any atom is 0.418 e. The van der Waals surface area contributed by atoms with Crippen LogP contribution in [0, 0.1) is 6.92 Å². The van der Waals surface area contributed by atoms with E-state index in [-0.39, 0.29) is 11.5 Å². The van der Waals surface area contributed by atoms with Crippen molar-refractivity contribution in [3.8, 4) is 0 Å². The van der Waals surface area contributed by atoms with E-state index >= 15 is 0 Å². The van der Waals surface area contributed by atoms with E-state index in [4.69, 9.17) is 0 Å². The zero-order valence-corrected chi connectivity index (χ0v) is 11.8. The molecule has 0 aliphatic carbocycles. The number of aliphatic hydroxyl groups is 1. The molecule has 1 N–H and O–H groups in total. The molecule has 3 nitrogen and oxygen atoms in total. The molecule has 1 aromatic rings. The zero-order chi connectivity index (χ0) is 15.6. The summed E-state index contributed by atoms with van der Waals surface area (Å²) in [6, 6.07) is 3.77. The van der Waals surface area contributed by atoms with E-state index in [1.807, 2.05) is 0 Å². The van der Waals surface area contributed by atoms with Crippen LogP contribution in [0.1, 0.15) is 46.9 Å². The molecule has 1 aromatic carbocycles. The summed E-state index contributed by atoms with van der Waals surface area (Å²) < 4.78 is 37.5. The van der Waals surface area contributed by atoms with Crippen molar-refractivity contribution >= 4 is 5.91 Å². The molecule has 0 aromatic heterocycles. The van der Waals surface area contributed by atoms with E-state index < -0.39 is 12.3 Å². The number of alkyl halides is 3. The Morgan fingerprint density at radius 3 is 2.38 bits per heavy atom. The molecule has 21 heavy (non-hydrogen) atoms. The average Bonchev–Trinajstić information content (AvgIpc) is 2.45. The highest BCUT2D eigenvalue weighted by molar-refractivity contribution is 5.95. The first kappa shape index (κ1) is 15.8. The number of carbonyl (C=O) groups excluding carboxylic acids is 1. The van der Waals surface area contributed by atoms with Gasteiger partial charge < -0.3 is 10.0 Å². The Balaban J connectivity index is 2.21. The van der Waals surface area contributed by atoms with Gasteiger partial charge in [0.2, 0.25) is 0 Å². The van der Waals surface area contributed by atoms with Gasteiger partial charge in [0.25, 0.3) is 5.91 Å². The predicted octanol–water partition coefficient (Wildman–Crippen LogP) is 3.22. The van der Waals surface area contributed by atoms with E-state index in [0.717, 1.165) is 19.3 Å². The van der Waals surface area contributed by atoms with Crippen LogP contribution in [0.4, 0.5) is 13.2 Å². The predicted molar refractivity (Wildman–Crippen MR) is 71.9 cm³/mol. The van der Waals surface area contributed by atoms with Gasteiger partial charge in [-0.2, -0.15) is 13.2 Å². The molecule has 1 atom stereocenters. The first-order chi connectivity index (χ1) is 9.80. The SMILES string of the molecule is Cc1cc(C(O)C(F)(F)F)ccc1C(=O)N1CCCCC1. The minimum Gasteiger partial charge on any atom is -0.379 e. The molecule has 1 fully saturated rings. The Labute approximate surface area is 121 Å². The van der Waals surface area contributed by atoms with E-state index in [1.54, 1.807) is 11.8 Å². The Morgan fingerprint density at radius 1 is 1.24 bits per heavy atom. The van der Waals surface area contributed by atoms with Crippen molar-refractivity contribution < 1.29 is 23.1 Å². The quantitative estimate of drug-likeness (QED) is 0.911. The minimum absolute atomic E-state index is 0.153. The third kappa shape index (κ3) is 3.56. The molecule has 0 bridgehead atoms. The summed E-state index contributed by atoms with van der Waals surface area (Å²) >= 11 is 0.